The molecule has 0 saturated carbocycles. The van der Waals surface area contributed by atoms with E-state index in [1.807, 2.05) is 0 Å². The second kappa shape index (κ2) is 11.6. The summed E-state index contributed by atoms with van der Waals surface area (Å²) in [5.41, 5.74) is 0.250. The van der Waals surface area contributed by atoms with Crippen LogP contribution >= 0.6 is 9.24 Å². The van der Waals surface area contributed by atoms with Crippen molar-refractivity contribution in [3.05, 3.63) is 11.4 Å². The van der Waals surface area contributed by atoms with E-state index in [-0.39, 0.29) is 41.5 Å². The van der Waals surface area contributed by atoms with Gasteiger partial charge in [-0.3, -0.25) is 0 Å². The molecule has 1 atom stereocenters. The molecule has 1 aliphatic heterocycles. The molecule has 0 amide bonds. The molecule has 0 radical (unpaired) electrons. The van der Waals surface area contributed by atoms with Crippen LogP contribution in [-0.2, 0) is 15.8 Å². The first-order chi connectivity index (χ1) is 14.5. The molecule has 0 N–H and O–H groups in total. The number of hydrogen-bond acceptors (Lipinski definition) is 6. The van der Waals surface area contributed by atoms with Crippen LogP contribution in [0.4, 0.5) is 0 Å². The molecule has 1 aliphatic rings. The van der Waals surface area contributed by atoms with Gasteiger partial charge in [0.15, 0.2) is 22.9 Å². The number of hydrogen-bond donors (Lipinski definition) is 0. The maximum absolute atomic E-state index is 12.8. The van der Waals surface area contributed by atoms with Crippen molar-refractivity contribution in [2.24, 2.45) is 5.41 Å². The van der Waals surface area contributed by atoms with Crippen molar-refractivity contribution in [2.45, 2.75) is 72.5 Å². The maximum atomic E-state index is 12.8. The zero-order chi connectivity index (χ0) is 22.1. The van der Waals surface area contributed by atoms with Crippen molar-refractivity contribution in [1.82, 2.24) is 4.57 Å². The number of ether oxygens (including phenoxy) is 4. The molecule has 170 valence electrons. The lowest BCUT2D eigenvalue weighted by atomic mass is 9.79. The Balaban J connectivity index is 2.52. The minimum atomic E-state index is -0.537. The molecule has 1 aromatic heterocycles. The molecular weight excluding hydrogens is 405 g/mol. The third kappa shape index (κ3) is 5.29. The molecule has 2 rings (SSSR count). The van der Waals surface area contributed by atoms with Crippen molar-refractivity contribution in [1.29, 1.82) is 0 Å². The minimum absolute atomic E-state index is 0.151. The molecule has 8 heteroatoms. The normalized spacial score (nSPS) is 14.8. The highest BCUT2D eigenvalue weighted by molar-refractivity contribution is 7.15. The smallest absolute Gasteiger partial charge is 0.359 e. The van der Waals surface area contributed by atoms with Crippen LogP contribution in [0.5, 0.6) is 11.5 Å². The van der Waals surface area contributed by atoms with Crippen molar-refractivity contribution >= 4 is 21.2 Å². The summed E-state index contributed by atoms with van der Waals surface area (Å²) in [6, 6.07) is 0. The van der Waals surface area contributed by atoms with Crippen molar-refractivity contribution in [3.63, 3.8) is 0 Å². The van der Waals surface area contributed by atoms with Gasteiger partial charge in [0.1, 0.15) is 0 Å². The largest absolute Gasteiger partial charge is 0.487 e. The molecule has 1 unspecified atom stereocenters. The molecule has 30 heavy (non-hydrogen) atoms. The first kappa shape index (κ1) is 24.5. The van der Waals surface area contributed by atoms with E-state index in [9.17, 15) is 9.59 Å². The van der Waals surface area contributed by atoms with E-state index < -0.39 is 11.9 Å². The summed E-state index contributed by atoms with van der Waals surface area (Å²) < 4.78 is 24.6. The number of carbonyl (C=O) groups excluding carboxylic acids is 2. The van der Waals surface area contributed by atoms with Gasteiger partial charge < -0.3 is 23.5 Å². The summed E-state index contributed by atoms with van der Waals surface area (Å²) in [6.45, 7) is 9.15. The minimum Gasteiger partial charge on any atom is -0.487 e. The summed E-state index contributed by atoms with van der Waals surface area (Å²) in [4.78, 5) is 25.5. The van der Waals surface area contributed by atoms with E-state index in [0.29, 0.717) is 19.5 Å². The summed E-state index contributed by atoms with van der Waals surface area (Å²) in [5.74, 6) is -0.502. The first-order valence-electron chi connectivity index (χ1n) is 11.0. The second-order valence-electron chi connectivity index (χ2n) is 7.69. The Bertz CT molecular complexity index is 672. The highest BCUT2D eigenvalue weighted by atomic mass is 31.0. The van der Waals surface area contributed by atoms with Gasteiger partial charge in [0.05, 0.1) is 26.4 Å². The van der Waals surface area contributed by atoms with Gasteiger partial charge in [-0.05, 0) is 26.7 Å². The van der Waals surface area contributed by atoms with Gasteiger partial charge >= 0.3 is 11.9 Å². The van der Waals surface area contributed by atoms with Gasteiger partial charge in [0.25, 0.3) is 0 Å². The summed E-state index contributed by atoms with van der Waals surface area (Å²) >= 11 is 0. The van der Waals surface area contributed by atoms with Crippen molar-refractivity contribution in [2.75, 3.05) is 26.4 Å². The van der Waals surface area contributed by atoms with E-state index in [1.165, 1.54) is 0 Å². The van der Waals surface area contributed by atoms with Gasteiger partial charge in [-0.25, -0.2) is 9.59 Å². The molecule has 2 heterocycles. The predicted molar refractivity (Wildman–Crippen MR) is 119 cm³/mol. The number of fused-ring (bicyclic) bond motifs is 1. The van der Waals surface area contributed by atoms with Gasteiger partial charge in [0.2, 0.25) is 0 Å². The van der Waals surface area contributed by atoms with E-state index in [2.05, 4.69) is 23.1 Å². The van der Waals surface area contributed by atoms with E-state index >= 15 is 0 Å². The van der Waals surface area contributed by atoms with Crippen LogP contribution in [0.3, 0.4) is 0 Å². The number of rotatable bonds is 11. The Kier molecular flexibility index (Phi) is 9.47. The molecule has 0 aliphatic carbocycles. The first-order valence-corrected chi connectivity index (χ1v) is 11.9. The van der Waals surface area contributed by atoms with Gasteiger partial charge in [-0.15, -0.1) is 9.24 Å². The number of carbonyl (C=O) groups is 2. The number of unbranched alkanes of at least 4 members (excludes halogenated alkanes) is 2. The Labute approximate surface area is 182 Å². The fourth-order valence-electron chi connectivity index (χ4n) is 3.84. The van der Waals surface area contributed by atoms with Crippen LogP contribution in [0.15, 0.2) is 0 Å². The summed E-state index contributed by atoms with van der Waals surface area (Å²) in [7, 11) is 2.53. The molecule has 0 bridgehead atoms. The molecular formula is C22H36NO6P. The third-order valence-corrected chi connectivity index (χ3v) is 5.83. The van der Waals surface area contributed by atoms with Crippen molar-refractivity contribution < 1.29 is 28.5 Å². The topological polar surface area (TPSA) is 76.0 Å². The summed E-state index contributed by atoms with van der Waals surface area (Å²) in [6.07, 6.45) is 6.56. The molecule has 0 aromatic carbocycles. The lowest BCUT2D eigenvalue weighted by Gasteiger charge is -2.31. The van der Waals surface area contributed by atoms with Crippen molar-refractivity contribution in [3.8, 4) is 11.5 Å². The van der Waals surface area contributed by atoms with Gasteiger partial charge in [0, 0.05) is 11.7 Å². The Morgan fingerprint density at radius 2 is 1.33 bits per heavy atom. The molecule has 0 fully saturated rings. The highest BCUT2D eigenvalue weighted by Gasteiger charge is 2.41. The van der Waals surface area contributed by atoms with E-state index in [0.717, 1.165) is 38.5 Å². The molecule has 0 spiro atoms. The Morgan fingerprint density at radius 3 is 1.67 bits per heavy atom. The second-order valence-corrected chi connectivity index (χ2v) is 8.06. The van der Waals surface area contributed by atoms with Crippen LogP contribution < -0.4 is 9.47 Å². The summed E-state index contributed by atoms with van der Waals surface area (Å²) in [5, 5.41) is 0. The standard InChI is InChI=1S/C22H36NO6P/c1-5-9-11-22(12-10-6-2)13-28-18-16(20(24)26-7-3)23(15-30)17(19(18)29-14-22)21(25)27-8-4/h5-15,30H2,1-4H3. The zero-order valence-corrected chi connectivity index (χ0v) is 19.9. The SMILES string of the molecule is CCCCC1(CCCC)COc2c(c(C(=O)OCC)n(CP)c2C(=O)OCC)OC1. The van der Waals surface area contributed by atoms with Crippen LogP contribution in [-0.4, -0.2) is 42.9 Å². The third-order valence-electron chi connectivity index (χ3n) is 5.46. The average molecular weight is 442 g/mol. The predicted octanol–water partition coefficient (Wildman–Crippen LogP) is 4.81. The van der Waals surface area contributed by atoms with E-state index in [4.69, 9.17) is 18.9 Å². The molecule has 1 aromatic rings. The van der Waals surface area contributed by atoms with Crippen LogP contribution in [0.25, 0.3) is 0 Å². The van der Waals surface area contributed by atoms with E-state index in [1.54, 1.807) is 18.4 Å². The lowest BCUT2D eigenvalue weighted by molar-refractivity contribution is 0.0484. The number of esters is 2. The van der Waals surface area contributed by atoms with Gasteiger partial charge in [-0.1, -0.05) is 39.5 Å². The van der Waals surface area contributed by atoms with Crippen LogP contribution in [0, 0.1) is 5.41 Å². The quantitative estimate of drug-likeness (QED) is 0.362. The zero-order valence-electron chi connectivity index (χ0n) is 18.8. The van der Waals surface area contributed by atoms with Crippen LogP contribution in [0.1, 0.15) is 87.2 Å². The number of aromatic nitrogens is 1. The monoisotopic (exact) mass is 441 g/mol. The lowest BCUT2D eigenvalue weighted by Crippen LogP contribution is -2.34. The molecule has 7 nitrogen and oxygen atoms in total. The average Bonchev–Trinajstić information content (AvgIpc) is 2.95. The fraction of sp³-hybridized carbons (Fsp3) is 0.727. The maximum Gasteiger partial charge on any atom is 0.359 e. The molecule has 0 saturated heterocycles. The Morgan fingerprint density at radius 1 is 0.900 bits per heavy atom. The Hall–Kier alpha value is -1.75. The van der Waals surface area contributed by atoms with Gasteiger partial charge in [-0.2, -0.15) is 0 Å². The van der Waals surface area contributed by atoms with Crippen LogP contribution in [0.2, 0.25) is 0 Å². The fourth-order valence-corrected chi connectivity index (χ4v) is 4.20. The number of nitrogens with zero attached hydrogens (tertiary/aromatic N) is 1. The highest BCUT2D eigenvalue weighted by Crippen LogP contribution is 2.45.